The van der Waals surface area contributed by atoms with Crippen LogP contribution in [0, 0.1) is 0 Å². The van der Waals surface area contributed by atoms with Crippen LogP contribution in [0.25, 0.3) is 83.8 Å². The quantitative estimate of drug-likeness (QED) is 0.184. The minimum absolute atomic E-state index is 0.697. The van der Waals surface area contributed by atoms with Crippen molar-refractivity contribution in [3.05, 3.63) is 182 Å². The number of benzene rings is 6. The molecule has 230 valence electrons. The Bertz CT molecular complexity index is 2500. The summed E-state index contributed by atoms with van der Waals surface area (Å²) >= 11 is 0. The van der Waals surface area contributed by atoms with E-state index in [0.717, 1.165) is 78.0 Å². The van der Waals surface area contributed by atoms with Crippen LogP contribution in [0.2, 0.25) is 0 Å². The molecule has 4 nitrogen and oxygen atoms in total. The lowest BCUT2D eigenvalue weighted by molar-refractivity contribution is 0.979. The highest BCUT2D eigenvalue weighted by Gasteiger charge is 2.22. The third-order valence-corrected chi connectivity index (χ3v) is 9.02. The van der Waals surface area contributed by atoms with Gasteiger partial charge < -0.3 is 0 Å². The minimum atomic E-state index is 0.697. The molecule has 0 atom stereocenters. The molecule has 9 rings (SSSR count). The molecule has 9 aromatic rings. The van der Waals surface area contributed by atoms with Crippen molar-refractivity contribution in [1.82, 2.24) is 19.6 Å². The molecule has 4 heteroatoms. The summed E-state index contributed by atoms with van der Waals surface area (Å²) in [5.74, 6) is 0.697. The maximum Gasteiger partial charge on any atom is 0.160 e. The number of hydrogen-bond acceptors (Lipinski definition) is 3. The van der Waals surface area contributed by atoms with E-state index in [4.69, 9.17) is 15.1 Å². The average Bonchev–Trinajstić information content (AvgIpc) is 3.60. The Balaban J connectivity index is 1.36. The summed E-state index contributed by atoms with van der Waals surface area (Å²) in [5.41, 5.74) is 12.2. The first-order valence-corrected chi connectivity index (χ1v) is 16.5. The van der Waals surface area contributed by atoms with Gasteiger partial charge in [-0.25, -0.2) is 14.5 Å². The monoisotopic (exact) mass is 626 g/mol. The Kier molecular flexibility index (Phi) is 7.10. The van der Waals surface area contributed by atoms with Crippen LogP contribution in [0.1, 0.15) is 0 Å². The zero-order chi connectivity index (χ0) is 32.6. The fourth-order valence-corrected chi connectivity index (χ4v) is 6.66. The van der Waals surface area contributed by atoms with Gasteiger partial charge in [-0.2, -0.15) is 5.10 Å². The van der Waals surface area contributed by atoms with E-state index in [1.807, 2.05) is 42.5 Å². The largest absolute Gasteiger partial charge is 0.231 e. The highest BCUT2D eigenvalue weighted by Crippen LogP contribution is 2.42. The average molecular weight is 627 g/mol. The van der Waals surface area contributed by atoms with E-state index in [2.05, 4.69) is 144 Å². The van der Waals surface area contributed by atoms with Crippen LogP contribution in [0.15, 0.2) is 182 Å². The maximum absolute atomic E-state index is 5.39. The topological polar surface area (TPSA) is 43.1 Å². The number of aromatic nitrogens is 4. The van der Waals surface area contributed by atoms with Gasteiger partial charge in [-0.05, 0) is 29.1 Å². The summed E-state index contributed by atoms with van der Waals surface area (Å²) in [4.78, 5) is 10.2. The van der Waals surface area contributed by atoms with Crippen LogP contribution in [0.4, 0.5) is 0 Å². The fraction of sp³-hybridized carbons (Fsp3) is 0. The Morgan fingerprint density at radius 2 is 0.898 bits per heavy atom. The predicted octanol–water partition coefficient (Wildman–Crippen LogP) is 11.3. The molecule has 3 heterocycles. The van der Waals surface area contributed by atoms with Gasteiger partial charge in [0.1, 0.15) is 5.69 Å². The van der Waals surface area contributed by atoms with Gasteiger partial charge in [-0.3, -0.25) is 0 Å². The van der Waals surface area contributed by atoms with Crippen molar-refractivity contribution in [2.45, 2.75) is 0 Å². The zero-order valence-electron chi connectivity index (χ0n) is 26.6. The molecule has 0 aliphatic carbocycles. The van der Waals surface area contributed by atoms with Crippen LogP contribution in [-0.2, 0) is 0 Å². The van der Waals surface area contributed by atoms with Crippen molar-refractivity contribution >= 4 is 16.3 Å². The van der Waals surface area contributed by atoms with Crippen molar-refractivity contribution in [2.75, 3.05) is 0 Å². The molecule has 0 bridgehead atoms. The van der Waals surface area contributed by atoms with Gasteiger partial charge in [0.25, 0.3) is 0 Å². The molecule has 0 aliphatic rings. The smallest absolute Gasteiger partial charge is 0.160 e. The Hall–Kier alpha value is -6.65. The summed E-state index contributed by atoms with van der Waals surface area (Å²) in [6, 6.07) is 63.1. The number of pyridine rings is 1. The minimum Gasteiger partial charge on any atom is -0.231 e. The van der Waals surface area contributed by atoms with Gasteiger partial charge >= 0.3 is 0 Å². The lowest BCUT2D eigenvalue weighted by atomic mass is 9.95. The van der Waals surface area contributed by atoms with Crippen molar-refractivity contribution in [3.63, 3.8) is 0 Å². The lowest BCUT2D eigenvalue weighted by Gasteiger charge is -2.13. The normalized spacial score (nSPS) is 11.3. The van der Waals surface area contributed by atoms with Crippen LogP contribution in [0.3, 0.4) is 0 Å². The van der Waals surface area contributed by atoms with Crippen LogP contribution in [-0.4, -0.2) is 19.6 Å². The van der Waals surface area contributed by atoms with Crippen LogP contribution < -0.4 is 0 Å². The summed E-state index contributed by atoms with van der Waals surface area (Å²) in [6.07, 6.45) is 0. The van der Waals surface area contributed by atoms with Crippen molar-refractivity contribution in [1.29, 1.82) is 0 Å². The van der Waals surface area contributed by atoms with Gasteiger partial charge in [0.15, 0.2) is 5.82 Å². The molecule has 0 spiro atoms. The Morgan fingerprint density at radius 1 is 0.388 bits per heavy atom. The highest BCUT2D eigenvalue weighted by atomic mass is 15.2. The SMILES string of the molecule is c1ccc(-c2cc(-c3ccc4cc(-c5ccccc5)n5nc(-c6ccccc6)c(-c6ccccc6)c5c4c3)nc(-c3ccccc3)n2)cc1. The van der Waals surface area contributed by atoms with E-state index >= 15 is 0 Å². The van der Waals surface area contributed by atoms with E-state index in [-0.39, 0.29) is 0 Å². The lowest BCUT2D eigenvalue weighted by Crippen LogP contribution is -1.97. The van der Waals surface area contributed by atoms with Crippen molar-refractivity contribution in [3.8, 4) is 67.5 Å². The van der Waals surface area contributed by atoms with Gasteiger partial charge in [0.2, 0.25) is 0 Å². The number of fused-ring (bicyclic) bond motifs is 3. The van der Waals surface area contributed by atoms with Crippen molar-refractivity contribution in [2.24, 2.45) is 0 Å². The van der Waals surface area contributed by atoms with E-state index in [0.29, 0.717) is 5.82 Å². The molecule has 0 radical (unpaired) electrons. The number of nitrogens with zero attached hydrogens (tertiary/aromatic N) is 4. The molecule has 0 N–H and O–H groups in total. The first-order chi connectivity index (χ1) is 24.3. The van der Waals surface area contributed by atoms with E-state index in [1.165, 1.54) is 0 Å². The zero-order valence-corrected chi connectivity index (χ0v) is 26.6. The van der Waals surface area contributed by atoms with Crippen molar-refractivity contribution < 1.29 is 0 Å². The third kappa shape index (κ3) is 5.26. The molecule has 0 aliphatic heterocycles. The summed E-state index contributed by atoms with van der Waals surface area (Å²) in [6.45, 7) is 0. The molecular weight excluding hydrogens is 597 g/mol. The van der Waals surface area contributed by atoms with Gasteiger partial charge in [0, 0.05) is 38.8 Å². The molecule has 6 aromatic carbocycles. The van der Waals surface area contributed by atoms with Crippen LogP contribution in [0.5, 0.6) is 0 Å². The van der Waals surface area contributed by atoms with Gasteiger partial charge in [0.05, 0.1) is 22.6 Å². The maximum atomic E-state index is 5.39. The molecule has 49 heavy (non-hydrogen) atoms. The van der Waals surface area contributed by atoms with E-state index in [1.54, 1.807) is 0 Å². The third-order valence-electron chi connectivity index (χ3n) is 9.02. The Morgan fingerprint density at radius 3 is 1.51 bits per heavy atom. The van der Waals surface area contributed by atoms with Gasteiger partial charge in [-0.15, -0.1) is 0 Å². The standard InChI is InChI=1S/C45H30N4/c1-6-16-31(17-7-1)39-30-40(47-45(46-39)35-24-14-5-15-25-35)37-27-26-36-29-41(32-18-8-2-9-19-32)49-44(38(36)28-37)42(33-20-10-3-11-21-33)43(48-49)34-22-12-4-13-23-34/h1-30H. The molecule has 3 aromatic heterocycles. The predicted molar refractivity (Wildman–Crippen MR) is 201 cm³/mol. The second-order valence-corrected chi connectivity index (χ2v) is 12.1. The summed E-state index contributed by atoms with van der Waals surface area (Å²) in [7, 11) is 0. The first kappa shape index (κ1) is 28.6. The summed E-state index contributed by atoms with van der Waals surface area (Å²) < 4.78 is 2.14. The van der Waals surface area contributed by atoms with Crippen LogP contribution >= 0.6 is 0 Å². The molecule has 0 unspecified atom stereocenters. The van der Waals surface area contributed by atoms with Gasteiger partial charge in [-0.1, -0.05) is 164 Å². The number of hydrogen-bond donors (Lipinski definition) is 0. The highest BCUT2D eigenvalue weighted by molar-refractivity contribution is 6.09. The van der Waals surface area contributed by atoms with E-state index in [9.17, 15) is 0 Å². The second-order valence-electron chi connectivity index (χ2n) is 12.1. The second kappa shape index (κ2) is 12.2. The Labute approximate surface area is 284 Å². The van der Waals surface area contributed by atoms with E-state index < -0.39 is 0 Å². The molecule has 0 fully saturated rings. The number of rotatable bonds is 6. The fourth-order valence-electron chi connectivity index (χ4n) is 6.66. The summed E-state index contributed by atoms with van der Waals surface area (Å²) in [5, 5.41) is 7.62. The molecule has 0 amide bonds. The first-order valence-electron chi connectivity index (χ1n) is 16.5. The molecular formula is C45H30N4. The molecule has 0 saturated carbocycles. The molecule has 0 saturated heterocycles.